The molecule has 0 radical (unpaired) electrons. The average molecular weight is 436 g/mol. The lowest BCUT2D eigenvalue weighted by Crippen LogP contribution is -2.12. The van der Waals surface area contributed by atoms with Gasteiger partial charge in [-0.05, 0) is 18.2 Å². The molecule has 4 aromatic rings. The van der Waals surface area contributed by atoms with Crippen molar-refractivity contribution in [1.82, 2.24) is 4.98 Å². The standard InChI is InChI=1S/C22H14ClN3O3S/c23-19-12-17(26(28)29)10-11-18(19)21(27)24-16-8-6-14(7-9-16)20-13-30-22(25-20)15-4-2-1-3-5-15/h1-13H,(H,24,27). The Balaban J connectivity index is 1.48. The van der Waals surface area contributed by atoms with Crippen LogP contribution < -0.4 is 5.32 Å². The van der Waals surface area contributed by atoms with E-state index < -0.39 is 10.8 Å². The van der Waals surface area contributed by atoms with Crippen molar-refractivity contribution in [2.45, 2.75) is 0 Å². The molecule has 0 spiro atoms. The molecule has 0 bridgehead atoms. The van der Waals surface area contributed by atoms with E-state index in [2.05, 4.69) is 10.3 Å². The number of hydrogen-bond donors (Lipinski definition) is 1. The number of nitrogens with zero attached hydrogens (tertiary/aromatic N) is 2. The maximum Gasteiger partial charge on any atom is 0.270 e. The Kier molecular flexibility index (Phi) is 5.56. The van der Waals surface area contributed by atoms with Gasteiger partial charge in [-0.2, -0.15) is 0 Å². The highest BCUT2D eigenvalue weighted by molar-refractivity contribution is 7.13. The lowest BCUT2D eigenvalue weighted by molar-refractivity contribution is -0.384. The van der Waals surface area contributed by atoms with Gasteiger partial charge in [0.05, 0.1) is 21.2 Å². The number of amides is 1. The number of carbonyl (C=O) groups excluding carboxylic acids is 1. The van der Waals surface area contributed by atoms with E-state index in [1.807, 2.05) is 47.8 Å². The van der Waals surface area contributed by atoms with Gasteiger partial charge in [0.2, 0.25) is 0 Å². The van der Waals surface area contributed by atoms with Crippen LogP contribution in [-0.4, -0.2) is 15.8 Å². The van der Waals surface area contributed by atoms with E-state index in [1.54, 1.807) is 23.5 Å². The van der Waals surface area contributed by atoms with Gasteiger partial charge in [0.15, 0.2) is 0 Å². The van der Waals surface area contributed by atoms with Crippen molar-refractivity contribution in [3.8, 4) is 21.8 Å². The number of nitro benzene ring substituents is 1. The van der Waals surface area contributed by atoms with Crippen LogP contribution in [0.3, 0.4) is 0 Å². The number of nitro groups is 1. The molecule has 0 unspecified atom stereocenters. The van der Waals surface area contributed by atoms with Crippen LogP contribution in [-0.2, 0) is 0 Å². The Morgan fingerprint density at radius 2 is 1.73 bits per heavy atom. The fourth-order valence-corrected chi connectivity index (χ4v) is 3.94. The van der Waals surface area contributed by atoms with Crippen LogP contribution in [0.1, 0.15) is 10.4 Å². The van der Waals surface area contributed by atoms with Crippen molar-refractivity contribution in [2.75, 3.05) is 5.32 Å². The van der Waals surface area contributed by atoms with Crippen molar-refractivity contribution < 1.29 is 9.72 Å². The van der Waals surface area contributed by atoms with Gasteiger partial charge in [0, 0.05) is 34.3 Å². The summed E-state index contributed by atoms with van der Waals surface area (Å²) in [6.07, 6.45) is 0. The largest absolute Gasteiger partial charge is 0.322 e. The maximum absolute atomic E-state index is 12.5. The summed E-state index contributed by atoms with van der Waals surface area (Å²) in [7, 11) is 0. The third-order valence-corrected chi connectivity index (χ3v) is 5.58. The summed E-state index contributed by atoms with van der Waals surface area (Å²) in [6, 6.07) is 21.0. The smallest absolute Gasteiger partial charge is 0.270 e. The summed E-state index contributed by atoms with van der Waals surface area (Å²) in [6.45, 7) is 0. The molecule has 1 heterocycles. The molecule has 6 nitrogen and oxygen atoms in total. The Bertz CT molecular complexity index is 1220. The average Bonchev–Trinajstić information content (AvgIpc) is 3.25. The zero-order valence-corrected chi connectivity index (χ0v) is 17.0. The van der Waals surface area contributed by atoms with Crippen molar-refractivity contribution in [3.05, 3.63) is 98.9 Å². The molecule has 0 saturated heterocycles. The van der Waals surface area contributed by atoms with E-state index in [4.69, 9.17) is 11.6 Å². The molecular weight excluding hydrogens is 422 g/mol. The van der Waals surface area contributed by atoms with Gasteiger partial charge in [-0.25, -0.2) is 4.98 Å². The molecule has 4 rings (SSSR count). The number of halogens is 1. The van der Waals surface area contributed by atoms with Gasteiger partial charge in [-0.3, -0.25) is 14.9 Å². The van der Waals surface area contributed by atoms with Gasteiger partial charge in [-0.15, -0.1) is 11.3 Å². The highest BCUT2D eigenvalue weighted by Gasteiger charge is 2.15. The van der Waals surface area contributed by atoms with Gasteiger partial charge < -0.3 is 5.32 Å². The minimum Gasteiger partial charge on any atom is -0.322 e. The third-order valence-electron chi connectivity index (χ3n) is 4.37. The first-order valence-corrected chi connectivity index (χ1v) is 10.1. The Hall–Kier alpha value is -3.55. The SMILES string of the molecule is O=C(Nc1ccc(-c2csc(-c3ccccc3)n2)cc1)c1ccc([N+](=O)[O-])cc1Cl. The molecule has 3 aromatic carbocycles. The van der Waals surface area contributed by atoms with Crippen LogP contribution in [0.4, 0.5) is 11.4 Å². The first-order valence-electron chi connectivity index (χ1n) is 8.88. The minimum absolute atomic E-state index is 0.0224. The zero-order valence-electron chi connectivity index (χ0n) is 15.4. The molecule has 0 aliphatic carbocycles. The summed E-state index contributed by atoms with van der Waals surface area (Å²) in [5.74, 6) is -0.442. The fraction of sp³-hybridized carbons (Fsp3) is 0. The molecule has 1 N–H and O–H groups in total. The van der Waals surface area contributed by atoms with E-state index in [-0.39, 0.29) is 16.3 Å². The van der Waals surface area contributed by atoms with Crippen LogP contribution >= 0.6 is 22.9 Å². The third kappa shape index (κ3) is 4.22. The fourth-order valence-electron chi connectivity index (χ4n) is 2.84. The van der Waals surface area contributed by atoms with Crippen LogP contribution in [0.5, 0.6) is 0 Å². The lowest BCUT2D eigenvalue weighted by atomic mass is 10.1. The molecule has 0 aliphatic heterocycles. The second-order valence-corrected chi connectivity index (χ2v) is 7.62. The van der Waals surface area contributed by atoms with Crippen LogP contribution in [0.2, 0.25) is 5.02 Å². The van der Waals surface area contributed by atoms with E-state index in [0.29, 0.717) is 5.69 Å². The monoisotopic (exact) mass is 435 g/mol. The maximum atomic E-state index is 12.5. The molecule has 0 aliphatic rings. The van der Waals surface area contributed by atoms with E-state index >= 15 is 0 Å². The number of nitrogens with one attached hydrogen (secondary N) is 1. The Labute approximate surface area is 180 Å². The predicted molar refractivity (Wildman–Crippen MR) is 119 cm³/mol. The molecule has 0 atom stereocenters. The molecule has 30 heavy (non-hydrogen) atoms. The molecule has 148 valence electrons. The van der Waals surface area contributed by atoms with E-state index in [0.717, 1.165) is 27.9 Å². The van der Waals surface area contributed by atoms with Crippen molar-refractivity contribution >= 4 is 40.2 Å². The minimum atomic E-state index is -0.562. The number of benzene rings is 3. The van der Waals surface area contributed by atoms with Crippen LogP contribution in [0.25, 0.3) is 21.8 Å². The molecule has 8 heteroatoms. The number of hydrogen-bond acceptors (Lipinski definition) is 5. The second kappa shape index (κ2) is 8.44. The first kappa shape index (κ1) is 19.8. The zero-order chi connectivity index (χ0) is 21.1. The van der Waals surface area contributed by atoms with Crippen molar-refractivity contribution in [2.24, 2.45) is 0 Å². The van der Waals surface area contributed by atoms with Crippen LogP contribution in [0, 0.1) is 10.1 Å². The Morgan fingerprint density at radius 3 is 2.40 bits per heavy atom. The molecule has 1 amide bonds. The number of carbonyl (C=O) groups is 1. The second-order valence-electron chi connectivity index (χ2n) is 6.36. The number of aromatic nitrogens is 1. The molecule has 1 aromatic heterocycles. The number of thiazole rings is 1. The quantitative estimate of drug-likeness (QED) is 0.295. The van der Waals surface area contributed by atoms with Gasteiger partial charge in [-0.1, -0.05) is 54.1 Å². The highest BCUT2D eigenvalue weighted by Crippen LogP contribution is 2.29. The summed E-state index contributed by atoms with van der Waals surface area (Å²) in [5, 5.41) is 16.5. The number of anilines is 1. The van der Waals surface area contributed by atoms with E-state index in [9.17, 15) is 14.9 Å². The van der Waals surface area contributed by atoms with Gasteiger partial charge in [0.25, 0.3) is 11.6 Å². The van der Waals surface area contributed by atoms with Gasteiger partial charge >= 0.3 is 0 Å². The predicted octanol–water partition coefficient (Wildman–Crippen LogP) is 6.29. The molecular formula is C22H14ClN3O3S. The first-order chi connectivity index (χ1) is 14.5. The molecule has 0 fully saturated rings. The Morgan fingerprint density at radius 1 is 1.00 bits per heavy atom. The topological polar surface area (TPSA) is 85.1 Å². The highest BCUT2D eigenvalue weighted by atomic mass is 35.5. The van der Waals surface area contributed by atoms with Crippen LogP contribution in [0.15, 0.2) is 78.2 Å². The number of non-ortho nitro benzene ring substituents is 1. The summed E-state index contributed by atoms with van der Waals surface area (Å²) >= 11 is 7.59. The van der Waals surface area contributed by atoms with Gasteiger partial charge in [0.1, 0.15) is 5.01 Å². The van der Waals surface area contributed by atoms with E-state index in [1.165, 1.54) is 12.1 Å². The van der Waals surface area contributed by atoms with Crippen molar-refractivity contribution in [3.63, 3.8) is 0 Å². The number of rotatable bonds is 5. The van der Waals surface area contributed by atoms with Crippen molar-refractivity contribution in [1.29, 1.82) is 0 Å². The normalized spacial score (nSPS) is 10.6. The summed E-state index contributed by atoms with van der Waals surface area (Å²) in [5.41, 5.74) is 3.43. The lowest BCUT2D eigenvalue weighted by Gasteiger charge is -2.07. The summed E-state index contributed by atoms with van der Waals surface area (Å²) < 4.78 is 0. The molecule has 0 saturated carbocycles. The summed E-state index contributed by atoms with van der Waals surface area (Å²) in [4.78, 5) is 27.4.